The molecule has 0 aliphatic rings. The molecule has 0 amide bonds. The number of ether oxygens (including phenoxy) is 1. The number of aryl methyl sites for hydroxylation is 1. The highest BCUT2D eigenvalue weighted by molar-refractivity contribution is 5.76. The summed E-state index contributed by atoms with van der Waals surface area (Å²) in [6.45, 7) is 6.33. The molecule has 2 heteroatoms. The fourth-order valence-electron chi connectivity index (χ4n) is 2.53. The minimum Gasteiger partial charge on any atom is -0.501 e. The molecule has 0 aliphatic carbocycles. The molecular formula is C22H27NO. The third-order valence-electron chi connectivity index (χ3n) is 4.14. The Morgan fingerprint density at radius 2 is 1.67 bits per heavy atom. The number of rotatable bonds is 7. The quantitative estimate of drug-likeness (QED) is 0.496. The summed E-state index contributed by atoms with van der Waals surface area (Å²) in [5.74, 6) is 0.912. The smallest absolute Gasteiger partial charge is 0.100 e. The summed E-state index contributed by atoms with van der Waals surface area (Å²) >= 11 is 0. The fourth-order valence-corrected chi connectivity index (χ4v) is 2.53. The first-order valence-corrected chi connectivity index (χ1v) is 8.54. The Morgan fingerprint density at radius 3 is 2.21 bits per heavy atom. The first-order valence-electron chi connectivity index (χ1n) is 8.54. The molecule has 1 N–H and O–H groups in total. The monoisotopic (exact) mass is 321 g/mol. The van der Waals surface area contributed by atoms with E-state index in [0.29, 0.717) is 0 Å². The minimum atomic E-state index is 0.912. The molecule has 0 heterocycles. The van der Waals surface area contributed by atoms with Gasteiger partial charge < -0.3 is 10.1 Å². The summed E-state index contributed by atoms with van der Waals surface area (Å²) < 4.78 is 5.50. The molecule has 2 nitrogen and oxygen atoms in total. The van der Waals surface area contributed by atoms with Crippen molar-refractivity contribution in [3.8, 4) is 0 Å². The molecule has 0 aromatic heterocycles. The summed E-state index contributed by atoms with van der Waals surface area (Å²) in [6.07, 6.45) is 4.16. The van der Waals surface area contributed by atoms with Crippen LogP contribution in [0, 0.1) is 0 Å². The van der Waals surface area contributed by atoms with Crippen molar-refractivity contribution in [3.05, 3.63) is 83.3 Å². The summed E-state index contributed by atoms with van der Waals surface area (Å²) in [6, 6.07) is 19.0. The molecule has 0 saturated heterocycles. The molecule has 2 aromatic carbocycles. The van der Waals surface area contributed by atoms with Gasteiger partial charge in [0.15, 0.2) is 0 Å². The first kappa shape index (κ1) is 17.9. The van der Waals surface area contributed by atoms with Crippen LogP contribution >= 0.6 is 0 Å². The van der Waals surface area contributed by atoms with Crippen LogP contribution in [-0.4, -0.2) is 7.11 Å². The molecule has 0 atom stereocenters. The van der Waals surface area contributed by atoms with E-state index in [4.69, 9.17) is 4.74 Å². The molecule has 0 aliphatic heterocycles. The molecule has 0 radical (unpaired) electrons. The lowest BCUT2D eigenvalue weighted by Gasteiger charge is -2.13. The number of hydrogen-bond acceptors (Lipinski definition) is 2. The van der Waals surface area contributed by atoms with Gasteiger partial charge >= 0.3 is 0 Å². The molecular weight excluding hydrogens is 294 g/mol. The average molecular weight is 321 g/mol. The summed E-state index contributed by atoms with van der Waals surface area (Å²) in [5.41, 5.74) is 5.89. The molecule has 0 unspecified atom stereocenters. The maximum Gasteiger partial charge on any atom is 0.100 e. The summed E-state index contributed by atoms with van der Waals surface area (Å²) in [4.78, 5) is 0. The highest BCUT2D eigenvalue weighted by Crippen LogP contribution is 2.24. The molecule has 0 fully saturated rings. The van der Waals surface area contributed by atoms with Crippen LogP contribution in [0.2, 0.25) is 0 Å². The Balaban J connectivity index is 2.31. The Bertz CT molecular complexity index is 697. The third-order valence-corrected chi connectivity index (χ3v) is 4.14. The Morgan fingerprint density at radius 1 is 1.00 bits per heavy atom. The highest BCUT2D eigenvalue weighted by atomic mass is 16.5. The van der Waals surface area contributed by atoms with Crippen LogP contribution in [0.5, 0.6) is 0 Å². The van der Waals surface area contributed by atoms with Crippen LogP contribution in [0.1, 0.15) is 38.3 Å². The standard InChI is InChI=1S/C22H27NO/c1-5-18-12-14-21(15-13-18)23-20(6-2)16-22(17(3)24-4)19-10-8-7-9-11-19/h7-16,23H,5-6H2,1-4H3/b20-16+,22-17-. The van der Waals surface area contributed by atoms with Crippen molar-refractivity contribution in [1.29, 1.82) is 0 Å². The van der Waals surface area contributed by atoms with E-state index in [1.807, 2.05) is 13.0 Å². The lowest BCUT2D eigenvalue weighted by atomic mass is 10.0. The van der Waals surface area contributed by atoms with Crippen LogP contribution in [-0.2, 0) is 11.2 Å². The van der Waals surface area contributed by atoms with Crippen molar-refractivity contribution >= 4 is 11.3 Å². The van der Waals surface area contributed by atoms with Crippen molar-refractivity contribution < 1.29 is 4.74 Å². The van der Waals surface area contributed by atoms with Gasteiger partial charge in [-0.25, -0.2) is 0 Å². The van der Waals surface area contributed by atoms with Gasteiger partial charge in [0, 0.05) is 17.0 Å². The van der Waals surface area contributed by atoms with Crippen molar-refractivity contribution in [2.45, 2.75) is 33.6 Å². The number of nitrogens with one attached hydrogen (secondary N) is 1. The number of allylic oxidation sites excluding steroid dienone is 4. The summed E-state index contributed by atoms with van der Waals surface area (Å²) in [7, 11) is 1.72. The van der Waals surface area contributed by atoms with Crippen molar-refractivity contribution in [2.75, 3.05) is 12.4 Å². The van der Waals surface area contributed by atoms with E-state index in [2.05, 4.69) is 73.8 Å². The van der Waals surface area contributed by atoms with E-state index >= 15 is 0 Å². The largest absolute Gasteiger partial charge is 0.501 e. The zero-order valence-corrected chi connectivity index (χ0v) is 15.1. The van der Waals surface area contributed by atoms with Gasteiger partial charge in [-0.2, -0.15) is 0 Å². The molecule has 0 bridgehead atoms. The SMILES string of the molecule is CC/C(=C\C(=C(/C)OC)c1ccccc1)Nc1ccc(CC)cc1. The number of benzene rings is 2. The number of hydrogen-bond donors (Lipinski definition) is 1. The molecule has 0 saturated carbocycles. The molecule has 2 aromatic rings. The first-order chi connectivity index (χ1) is 11.7. The second-order valence-electron chi connectivity index (χ2n) is 5.74. The van der Waals surface area contributed by atoms with E-state index in [1.54, 1.807) is 7.11 Å². The lowest BCUT2D eigenvalue weighted by Crippen LogP contribution is -2.00. The van der Waals surface area contributed by atoms with Gasteiger partial charge in [-0.15, -0.1) is 0 Å². The predicted molar refractivity (Wildman–Crippen MR) is 104 cm³/mol. The second-order valence-corrected chi connectivity index (χ2v) is 5.74. The average Bonchev–Trinajstić information content (AvgIpc) is 2.65. The minimum absolute atomic E-state index is 0.912. The van der Waals surface area contributed by atoms with Gasteiger partial charge in [-0.3, -0.25) is 0 Å². The van der Waals surface area contributed by atoms with Gasteiger partial charge in [0.05, 0.1) is 7.11 Å². The number of methoxy groups -OCH3 is 1. The maximum atomic E-state index is 5.50. The Kier molecular flexibility index (Phi) is 6.68. The predicted octanol–water partition coefficient (Wildman–Crippen LogP) is 6.03. The number of anilines is 1. The Labute approximate surface area is 145 Å². The van der Waals surface area contributed by atoms with Gasteiger partial charge in [0.2, 0.25) is 0 Å². The third kappa shape index (κ3) is 4.76. The zero-order chi connectivity index (χ0) is 17.4. The van der Waals surface area contributed by atoms with E-state index < -0.39 is 0 Å². The van der Waals surface area contributed by atoms with Crippen LogP contribution < -0.4 is 5.32 Å². The second kappa shape index (κ2) is 8.97. The summed E-state index contributed by atoms with van der Waals surface area (Å²) in [5, 5.41) is 3.53. The van der Waals surface area contributed by atoms with Gasteiger partial charge in [-0.05, 0) is 49.1 Å². The van der Waals surface area contributed by atoms with E-state index in [-0.39, 0.29) is 0 Å². The van der Waals surface area contributed by atoms with Gasteiger partial charge in [-0.1, -0.05) is 56.3 Å². The van der Waals surface area contributed by atoms with Gasteiger partial charge in [0.1, 0.15) is 5.76 Å². The van der Waals surface area contributed by atoms with E-state index in [0.717, 1.165) is 41.1 Å². The highest BCUT2D eigenvalue weighted by Gasteiger charge is 2.06. The normalized spacial score (nSPS) is 12.6. The van der Waals surface area contributed by atoms with Crippen LogP contribution in [0.25, 0.3) is 5.57 Å². The Hall–Kier alpha value is -2.48. The molecule has 2 rings (SSSR count). The van der Waals surface area contributed by atoms with Crippen molar-refractivity contribution in [3.63, 3.8) is 0 Å². The van der Waals surface area contributed by atoms with Crippen molar-refractivity contribution in [1.82, 2.24) is 0 Å². The van der Waals surface area contributed by atoms with Crippen LogP contribution in [0.4, 0.5) is 5.69 Å². The fraction of sp³-hybridized carbons (Fsp3) is 0.273. The van der Waals surface area contributed by atoms with E-state index in [9.17, 15) is 0 Å². The van der Waals surface area contributed by atoms with Gasteiger partial charge in [0.25, 0.3) is 0 Å². The van der Waals surface area contributed by atoms with Crippen LogP contribution in [0.15, 0.2) is 72.1 Å². The lowest BCUT2D eigenvalue weighted by molar-refractivity contribution is 0.296. The topological polar surface area (TPSA) is 21.3 Å². The molecule has 24 heavy (non-hydrogen) atoms. The van der Waals surface area contributed by atoms with Crippen molar-refractivity contribution in [2.24, 2.45) is 0 Å². The zero-order valence-electron chi connectivity index (χ0n) is 15.1. The van der Waals surface area contributed by atoms with Crippen LogP contribution in [0.3, 0.4) is 0 Å². The molecule has 0 spiro atoms. The maximum absolute atomic E-state index is 5.50. The van der Waals surface area contributed by atoms with E-state index in [1.165, 1.54) is 5.56 Å². The molecule has 126 valence electrons.